The molecule has 0 unspecified atom stereocenters. The van der Waals surface area contributed by atoms with Crippen LogP contribution in [0.15, 0.2) is 65.6 Å². The van der Waals surface area contributed by atoms with Gasteiger partial charge in [-0.15, -0.1) is 0 Å². The molecule has 0 spiro atoms. The van der Waals surface area contributed by atoms with Crippen LogP contribution in [0.5, 0.6) is 0 Å². The number of morpholine rings is 1. The van der Waals surface area contributed by atoms with Crippen molar-refractivity contribution in [1.82, 2.24) is 4.90 Å². The van der Waals surface area contributed by atoms with E-state index in [0.717, 1.165) is 18.7 Å². The van der Waals surface area contributed by atoms with Crippen molar-refractivity contribution in [3.05, 3.63) is 66.2 Å². The van der Waals surface area contributed by atoms with Gasteiger partial charge in [0, 0.05) is 19.6 Å². The zero-order valence-corrected chi connectivity index (χ0v) is 13.8. The molecule has 1 fully saturated rings. The first-order valence-electron chi connectivity index (χ1n) is 7.82. The monoisotopic (exact) mass is 331 g/mol. The maximum atomic E-state index is 12.4. The van der Waals surface area contributed by atoms with Gasteiger partial charge in [-0.3, -0.25) is 4.90 Å². The number of benzene rings is 2. The van der Waals surface area contributed by atoms with Crippen LogP contribution < -0.4 is 0 Å². The Morgan fingerprint density at radius 2 is 1.65 bits per heavy atom. The fourth-order valence-corrected chi connectivity index (χ4v) is 4.08. The first-order chi connectivity index (χ1) is 11.1. The van der Waals surface area contributed by atoms with Gasteiger partial charge in [-0.2, -0.15) is 0 Å². The predicted molar refractivity (Wildman–Crippen MR) is 90.1 cm³/mol. The van der Waals surface area contributed by atoms with Gasteiger partial charge >= 0.3 is 0 Å². The van der Waals surface area contributed by atoms with E-state index >= 15 is 0 Å². The van der Waals surface area contributed by atoms with Gasteiger partial charge < -0.3 is 4.74 Å². The van der Waals surface area contributed by atoms with E-state index in [1.54, 1.807) is 24.3 Å². The molecule has 2 aromatic rings. The Kier molecular flexibility index (Phi) is 5.10. The minimum atomic E-state index is -3.22. The Balaban J connectivity index is 1.60. The number of nitrogens with zero attached hydrogens (tertiary/aromatic N) is 1. The van der Waals surface area contributed by atoms with Gasteiger partial charge in [0.05, 0.1) is 23.4 Å². The van der Waals surface area contributed by atoms with Crippen molar-refractivity contribution in [2.24, 2.45) is 0 Å². The van der Waals surface area contributed by atoms with Gasteiger partial charge in [0.1, 0.15) is 0 Å². The largest absolute Gasteiger partial charge is 0.371 e. The first-order valence-corrected chi connectivity index (χ1v) is 9.47. The molecule has 0 aromatic heterocycles. The molecule has 2 aromatic carbocycles. The lowest BCUT2D eigenvalue weighted by Crippen LogP contribution is -2.40. The van der Waals surface area contributed by atoms with Crippen molar-refractivity contribution in [1.29, 1.82) is 0 Å². The number of rotatable bonds is 5. The third-order valence-electron chi connectivity index (χ3n) is 4.10. The predicted octanol–water partition coefficient (Wildman–Crippen LogP) is 2.53. The molecule has 1 aliphatic rings. The zero-order valence-electron chi connectivity index (χ0n) is 13.0. The van der Waals surface area contributed by atoms with Gasteiger partial charge in [-0.1, -0.05) is 48.5 Å². The molecule has 0 amide bonds. The summed E-state index contributed by atoms with van der Waals surface area (Å²) in [4.78, 5) is 2.56. The SMILES string of the molecule is O=S(=O)(CCN1CCO[C@@H](c2ccccc2)C1)c1ccccc1. The normalized spacial score (nSPS) is 19.6. The van der Waals surface area contributed by atoms with Crippen molar-refractivity contribution in [3.63, 3.8) is 0 Å². The summed E-state index contributed by atoms with van der Waals surface area (Å²) in [5.74, 6) is 0.137. The Morgan fingerprint density at radius 3 is 2.35 bits per heavy atom. The Bertz CT molecular complexity index is 716. The lowest BCUT2D eigenvalue weighted by molar-refractivity contribution is -0.0279. The van der Waals surface area contributed by atoms with Gasteiger partial charge in [0.15, 0.2) is 9.84 Å². The van der Waals surface area contributed by atoms with Crippen molar-refractivity contribution >= 4 is 9.84 Å². The molecule has 1 heterocycles. The zero-order chi connectivity index (χ0) is 16.1. The second-order valence-corrected chi connectivity index (χ2v) is 7.81. The average Bonchev–Trinajstić information content (AvgIpc) is 2.62. The molecule has 0 saturated carbocycles. The van der Waals surface area contributed by atoms with E-state index in [9.17, 15) is 8.42 Å². The molecular formula is C18H21NO3S. The van der Waals surface area contributed by atoms with E-state index in [1.807, 2.05) is 24.3 Å². The summed E-state index contributed by atoms with van der Waals surface area (Å²) in [5, 5.41) is 0. The van der Waals surface area contributed by atoms with Crippen LogP contribution in [0.25, 0.3) is 0 Å². The second-order valence-electron chi connectivity index (χ2n) is 5.70. The van der Waals surface area contributed by atoms with E-state index in [4.69, 9.17) is 4.74 Å². The molecule has 1 aliphatic heterocycles. The maximum absolute atomic E-state index is 12.4. The summed E-state index contributed by atoms with van der Waals surface area (Å²) in [6.45, 7) is 2.66. The average molecular weight is 331 g/mol. The van der Waals surface area contributed by atoms with E-state index in [0.29, 0.717) is 18.0 Å². The van der Waals surface area contributed by atoms with Crippen molar-refractivity contribution in [3.8, 4) is 0 Å². The molecule has 0 radical (unpaired) electrons. The summed E-state index contributed by atoms with van der Waals surface area (Å²) >= 11 is 0. The highest BCUT2D eigenvalue weighted by molar-refractivity contribution is 7.91. The van der Waals surface area contributed by atoms with Crippen LogP contribution in [-0.2, 0) is 14.6 Å². The van der Waals surface area contributed by atoms with Gasteiger partial charge in [-0.25, -0.2) is 8.42 Å². The van der Waals surface area contributed by atoms with Gasteiger partial charge in [0.25, 0.3) is 0 Å². The van der Waals surface area contributed by atoms with E-state index in [2.05, 4.69) is 17.0 Å². The van der Waals surface area contributed by atoms with Gasteiger partial charge in [0.2, 0.25) is 0 Å². The topological polar surface area (TPSA) is 46.6 Å². The first kappa shape index (κ1) is 16.2. The van der Waals surface area contributed by atoms with Crippen LogP contribution in [0.4, 0.5) is 0 Å². The molecule has 4 nitrogen and oxygen atoms in total. The highest BCUT2D eigenvalue weighted by Gasteiger charge is 2.23. The lowest BCUT2D eigenvalue weighted by atomic mass is 10.1. The smallest absolute Gasteiger partial charge is 0.179 e. The molecule has 23 heavy (non-hydrogen) atoms. The van der Waals surface area contributed by atoms with Crippen LogP contribution in [0, 0.1) is 0 Å². The summed E-state index contributed by atoms with van der Waals surface area (Å²) in [5.41, 5.74) is 1.14. The van der Waals surface area contributed by atoms with Crippen LogP contribution in [0.2, 0.25) is 0 Å². The highest BCUT2D eigenvalue weighted by atomic mass is 32.2. The summed E-state index contributed by atoms with van der Waals surface area (Å²) in [6.07, 6.45) is 0.0179. The third-order valence-corrected chi connectivity index (χ3v) is 5.81. The van der Waals surface area contributed by atoms with E-state index < -0.39 is 9.84 Å². The maximum Gasteiger partial charge on any atom is 0.179 e. The molecule has 5 heteroatoms. The second kappa shape index (κ2) is 7.25. The molecule has 0 N–H and O–H groups in total. The lowest BCUT2D eigenvalue weighted by Gasteiger charge is -2.33. The minimum absolute atomic E-state index is 0.0179. The van der Waals surface area contributed by atoms with E-state index in [1.165, 1.54) is 0 Å². The summed E-state index contributed by atoms with van der Waals surface area (Å²) in [6, 6.07) is 18.7. The van der Waals surface area contributed by atoms with Crippen molar-refractivity contribution in [2.45, 2.75) is 11.0 Å². The van der Waals surface area contributed by atoms with Crippen molar-refractivity contribution in [2.75, 3.05) is 32.0 Å². The van der Waals surface area contributed by atoms with Crippen LogP contribution in [0.3, 0.4) is 0 Å². The summed E-state index contributed by atoms with van der Waals surface area (Å²) < 4.78 is 30.6. The quantitative estimate of drug-likeness (QED) is 0.845. The molecule has 1 atom stereocenters. The van der Waals surface area contributed by atoms with Gasteiger partial charge in [-0.05, 0) is 17.7 Å². The number of hydrogen-bond acceptors (Lipinski definition) is 4. The highest BCUT2D eigenvalue weighted by Crippen LogP contribution is 2.22. The molecule has 0 aliphatic carbocycles. The van der Waals surface area contributed by atoms with Crippen LogP contribution >= 0.6 is 0 Å². The number of sulfone groups is 1. The Hall–Kier alpha value is -1.69. The van der Waals surface area contributed by atoms with Crippen LogP contribution in [-0.4, -0.2) is 45.3 Å². The molecule has 0 bridgehead atoms. The van der Waals surface area contributed by atoms with Crippen molar-refractivity contribution < 1.29 is 13.2 Å². The fraction of sp³-hybridized carbons (Fsp3) is 0.333. The molecule has 1 saturated heterocycles. The Labute approximate surface area is 137 Å². The fourth-order valence-electron chi connectivity index (χ4n) is 2.77. The molecular weight excluding hydrogens is 310 g/mol. The summed E-state index contributed by atoms with van der Waals surface area (Å²) in [7, 11) is -3.22. The number of ether oxygens (including phenoxy) is 1. The number of hydrogen-bond donors (Lipinski definition) is 0. The third kappa shape index (κ3) is 4.19. The Morgan fingerprint density at radius 1 is 1.00 bits per heavy atom. The molecule has 122 valence electrons. The van der Waals surface area contributed by atoms with Crippen LogP contribution in [0.1, 0.15) is 11.7 Å². The van der Waals surface area contributed by atoms with E-state index in [-0.39, 0.29) is 11.9 Å². The molecule has 3 rings (SSSR count). The minimum Gasteiger partial charge on any atom is -0.371 e. The standard InChI is InChI=1S/C18H21NO3S/c20-23(21,17-9-5-2-6-10-17)14-12-19-11-13-22-18(15-19)16-7-3-1-4-8-16/h1-10,18H,11-15H2/t18-/m1/s1.